The molecule has 0 aliphatic carbocycles. The number of esters is 1. The number of hydrogen-bond acceptors (Lipinski definition) is 3. The van der Waals surface area contributed by atoms with Gasteiger partial charge in [0.1, 0.15) is 10.8 Å². The van der Waals surface area contributed by atoms with Gasteiger partial charge in [-0.05, 0) is 24.1 Å². The van der Waals surface area contributed by atoms with Gasteiger partial charge >= 0.3 is 5.97 Å². The first-order valence-electron chi connectivity index (χ1n) is 4.46. The zero-order valence-electron chi connectivity index (χ0n) is 8.76. The number of carbonyl (C=O) groups excluding carboxylic acids is 1. The molecule has 88 valence electrons. The van der Waals surface area contributed by atoms with E-state index in [4.69, 9.17) is 11.6 Å². The lowest BCUT2D eigenvalue weighted by Crippen LogP contribution is -2.10. The van der Waals surface area contributed by atoms with Crippen LogP contribution in [0.3, 0.4) is 0 Å². The first-order valence-corrected chi connectivity index (χ1v) is 4.84. The van der Waals surface area contributed by atoms with Gasteiger partial charge in [0.2, 0.25) is 0 Å². The molecule has 0 fully saturated rings. The summed E-state index contributed by atoms with van der Waals surface area (Å²) < 4.78 is 29.8. The summed E-state index contributed by atoms with van der Waals surface area (Å²) in [6.07, 6.45) is -3.00. The quantitative estimate of drug-likeness (QED) is 0.611. The molecular weight excluding hydrogens is 240 g/mol. The van der Waals surface area contributed by atoms with E-state index in [9.17, 15) is 13.6 Å². The molecule has 0 saturated carbocycles. The Morgan fingerprint density at radius 2 is 2.25 bits per heavy atom. The molecule has 0 aliphatic rings. The minimum absolute atomic E-state index is 0.0126. The molecule has 1 rings (SSSR count). The highest BCUT2D eigenvalue weighted by atomic mass is 35.5. The van der Waals surface area contributed by atoms with E-state index in [0.717, 1.165) is 0 Å². The molecule has 0 amide bonds. The Balaban J connectivity index is 3.19. The van der Waals surface area contributed by atoms with Gasteiger partial charge in [-0.1, -0.05) is 11.6 Å². The minimum Gasteiger partial charge on any atom is -0.469 e. The van der Waals surface area contributed by atoms with Crippen molar-refractivity contribution in [3.05, 3.63) is 28.0 Å². The summed E-state index contributed by atoms with van der Waals surface area (Å²) in [5.74, 6) is -0.589. The predicted molar refractivity (Wildman–Crippen MR) is 54.7 cm³/mol. The van der Waals surface area contributed by atoms with Crippen molar-refractivity contribution < 1.29 is 18.3 Å². The Labute approximate surface area is 96.4 Å². The van der Waals surface area contributed by atoms with Gasteiger partial charge in [0.25, 0.3) is 6.43 Å². The first kappa shape index (κ1) is 12.8. The van der Waals surface area contributed by atoms with Gasteiger partial charge in [-0.3, -0.25) is 4.79 Å². The Morgan fingerprint density at radius 1 is 1.62 bits per heavy atom. The number of aryl methyl sites for hydroxylation is 1. The van der Waals surface area contributed by atoms with Crippen molar-refractivity contribution >= 4 is 17.6 Å². The largest absolute Gasteiger partial charge is 0.469 e. The van der Waals surface area contributed by atoms with Crippen LogP contribution in [0.5, 0.6) is 0 Å². The van der Waals surface area contributed by atoms with Gasteiger partial charge in [0, 0.05) is 0 Å². The second-order valence-corrected chi connectivity index (χ2v) is 3.57. The summed E-state index contributed by atoms with van der Waals surface area (Å²) in [6.45, 7) is 1.59. The molecule has 0 spiro atoms. The van der Waals surface area contributed by atoms with Gasteiger partial charge in [0.15, 0.2) is 0 Å². The number of pyridine rings is 1. The third-order valence-electron chi connectivity index (χ3n) is 2.10. The second kappa shape index (κ2) is 5.21. The maximum absolute atomic E-state index is 12.7. The molecule has 0 bridgehead atoms. The number of carbonyl (C=O) groups is 1. The number of aromatic nitrogens is 1. The maximum Gasteiger partial charge on any atom is 0.310 e. The summed E-state index contributed by atoms with van der Waals surface area (Å²) >= 11 is 5.58. The number of hydrogen-bond donors (Lipinski definition) is 0. The van der Waals surface area contributed by atoms with Crippen molar-refractivity contribution in [2.45, 2.75) is 19.8 Å². The van der Waals surface area contributed by atoms with Crippen molar-refractivity contribution in [2.75, 3.05) is 7.11 Å². The van der Waals surface area contributed by atoms with Gasteiger partial charge in [-0.2, -0.15) is 0 Å². The molecule has 1 aromatic rings. The molecule has 0 aromatic carbocycles. The molecule has 0 radical (unpaired) electrons. The Hall–Kier alpha value is -1.23. The first-order chi connectivity index (χ1) is 7.45. The SMILES string of the molecule is COC(=O)Cc1c(C)cc(Cl)nc1C(F)F. The maximum atomic E-state index is 12.7. The Kier molecular flexibility index (Phi) is 4.18. The number of alkyl halides is 2. The van der Waals surface area contributed by atoms with E-state index >= 15 is 0 Å². The second-order valence-electron chi connectivity index (χ2n) is 3.18. The molecule has 3 nitrogen and oxygen atoms in total. The van der Waals surface area contributed by atoms with Gasteiger partial charge in [-0.15, -0.1) is 0 Å². The molecule has 1 heterocycles. The lowest BCUT2D eigenvalue weighted by molar-refractivity contribution is -0.139. The number of methoxy groups -OCH3 is 1. The fourth-order valence-electron chi connectivity index (χ4n) is 1.31. The number of rotatable bonds is 3. The van der Waals surface area contributed by atoms with E-state index in [1.807, 2.05) is 0 Å². The van der Waals surface area contributed by atoms with Crippen molar-refractivity contribution in [3.63, 3.8) is 0 Å². The molecule has 6 heteroatoms. The van der Waals surface area contributed by atoms with Crippen LogP contribution in [0.25, 0.3) is 0 Å². The van der Waals surface area contributed by atoms with Crippen molar-refractivity contribution in [1.82, 2.24) is 4.98 Å². The lowest BCUT2D eigenvalue weighted by atomic mass is 10.0. The van der Waals surface area contributed by atoms with Crippen LogP contribution in [0.2, 0.25) is 5.15 Å². The molecule has 0 N–H and O–H groups in total. The van der Waals surface area contributed by atoms with Crippen LogP contribution in [0.15, 0.2) is 6.07 Å². The van der Waals surface area contributed by atoms with E-state index in [-0.39, 0.29) is 17.1 Å². The smallest absolute Gasteiger partial charge is 0.310 e. The fraction of sp³-hybridized carbons (Fsp3) is 0.400. The van der Waals surface area contributed by atoms with Crippen molar-refractivity contribution in [1.29, 1.82) is 0 Å². The lowest BCUT2D eigenvalue weighted by Gasteiger charge is -2.10. The summed E-state index contributed by atoms with van der Waals surface area (Å²) in [5.41, 5.74) is 0.211. The van der Waals surface area contributed by atoms with E-state index in [2.05, 4.69) is 9.72 Å². The topological polar surface area (TPSA) is 39.2 Å². The monoisotopic (exact) mass is 249 g/mol. The molecule has 0 atom stereocenters. The summed E-state index contributed by atoms with van der Waals surface area (Å²) in [6, 6.07) is 1.44. The molecular formula is C10H10ClF2NO2. The van der Waals surface area contributed by atoms with E-state index in [1.54, 1.807) is 6.92 Å². The van der Waals surface area contributed by atoms with Crippen LogP contribution in [-0.4, -0.2) is 18.1 Å². The highest BCUT2D eigenvalue weighted by Crippen LogP contribution is 2.26. The van der Waals surface area contributed by atoms with Crippen LogP contribution in [0.4, 0.5) is 8.78 Å². The summed E-state index contributed by atoms with van der Waals surface area (Å²) in [5, 5.41) is -0.0126. The highest BCUT2D eigenvalue weighted by molar-refractivity contribution is 6.29. The Morgan fingerprint density at radius 3 is 2.75 bits per heavy atom. The zero-order valence-corrected chi connectivity index (χ0v) is 9.52. The van der Waals surface area contributed by atoms with Crippen LogP contribution in [-0.2, 0) is 16.0 Å². The molecule has 0 saturated heterocycles. The van der Waals surface area contributed by atoms with Gasteiger partial charge < -0.3 is 4.74 Å². The highest BCUT2D eigenvalue weighted by Gasteiger charge is 2.20. The summed E-state index contributed by atoms with van der Waals surface area (Å²) in [7, 11) is 1.20. The van der Waals surface area contributed by atoms with Crippen LogP contribution in [0.1, 0.15) is 23.2 Å². The predicted octanol–water partition coefficient (Wildman–Crippen LogP) is 2.70. The molecule has 0 unspecified atom stereocenters. The number of nitrogens with zero attached hydrogens (tertiary/aromatic N) is 1. The third kappa shape index (κ3) is 2.88. The Bertz CT molecular complexity index is 410. The molecule has 16 heavy (non-hydrogen) atoms. The average Bonchev–Trinajstić information content (AvgIpc) is 2.20. The fourth-order valence-corrected chi connectivity index (χ4v) is 1.56. The van der Waals surface area contributed by atoms with Crippen LogP contribution >= 0.6 is 11.6 Å². The average molecular weight is 250 g/mol. The van der Waals surface area contributed by atoms with Crippen LogP contribution in [0, 0.1) is 6.92 Å². The third-order valence-corrected chi connectivity index (χ3v) is 2.30. The minimum atomic E-state index is -2.77. The van der Waals surface area contributed by atoms with E-state index in [1.165, 1.54) is 13.2 Å². The van der Waals surface area contributed by atoms with Gasteiger partial charge in [-0.25, -0.2) is 13.8 Å². The van der Waals surface area contributed by atoms with Crippen molar-refractivity contribution in [3.8, 4) is 0 Å². The normalized spacial score (nSPS) is 10.6. The standard InChI is InChI=1S/C10H10ClF2NO2/c1-5-3-7(11)14-9(10(12)13)6(5)4-8(15)16-2/h3,10H,4H2,1-2H3. The van der Waals surface area contributed by atoms with Gasteiger partial charge in [0.05, 0.1) is 13.5 Å². The molecule has 1 aromatic heterocycles. The molecule has 0 aliphatic heterocycles. The zero-order chi connectivity index (χ0) is 12.3. The van der Waals surface area contributed by atoms with Crippen LogP contribution < -0.4 is 0 Å². The number of halogens is 3. The van der Waals surface area contributed by atoms with E-state index in [0.29, 0.717) is 5.56 Å². The number of ether oxygens (including phenoxy) is 1. The summed E-state index contributed by atoms with van der Waals surface area (Å²) in [4.78, 5) is 14.6. The van der Waals surface area contributed by atoms with E-state index < -0.39 is 18.1 Å². The van der Waals surface area contributed by atoms with Crippen molar-refractivity contribution in [2.24, 2.45) is 0 Å².